The Bertz CT molecular complexity index is 584. The molecule has 1 aliphatic rings. The zero-order valence-electron chi connectivity index (χ0n) is 13.1. The number of nitrogens with zero attached hydrogens (tertiary/aromatic N) is 2. The van der Waals surface area contributed by atoms with Gasteiger partial charge in [-0.1, -0.05) is 44.2 Å². The highest BCUT2D eigenvalue weighted by atomic mass is 15.1. The summed E-state index contributed by atoms with van der Waals surface area (Å²) in [5.74, 6) is 1.92. The SMILES string of the molecule is CC(C)CCCn1c(-c2ccccc2)nc2c1CCNC2. The van der Waals surface area contributed by atoms with Crippen LogP contribution in [0.25, 0.3) is 11.4 Å². The zero-order chi connectivity index (χ0) is 14.7. The minimum Gasteiger partial charge on any atom is -0.328 e. The van der Waals surface area contributed by atoms with Gasteiger partial charge in [-0.25, -0.2) is 4.98 Å². The van der Waals surface area contributed by atoms with E-state index in [0.29, 0.717) is 0 Å². The van der Waals surface area contributed by atoms with E-state index in [1.165, 1.54) is 29.8 Å². The molecule has 0 saturated carbocycles. The Balaban J connectivity index is 1.92. The van der Waals surface area contributed by atoms with Crippen molar-refractivity contribution in [1.29, 1.82) is 0 Å². The van der Waals surface area contributed by atoms with Crippen LogP contribution in [0, 0.1) is 5.92 Å². The maximum atomic E-state index is 4.92. The van der Waals surface area contributed by atoms with E-state index in [0.717, 1.165) is 37.8 Å². The summed E-state index contributed by atoms with van der Waals surface area (Å²) in [7, 11) is 0. The first-order valence-electron chi connectivity index (χ1n) is 8.10. The molecule has 1 N–H and O–H groups in total. The largest absolute Gasteiger partial charge is 0.328 e. The topological polar surface area (TPSA) is 29.9 Å². The third-order valence-electron chi connectivity index (χ3n) is 4.18. The Morgan fingerprint density at radius 3 is 2.81 bits per heavy atom. The molecule has 0 spiro atoms. The van der Waals surface area contributed by atoms with Crippen LogP contribution in [-0.4, -0.2) is 16.1 Å². The molecule has 21 heavy (non-hydrogen) atoms. The quantitative estimate of drug-likeness (QED) is 0.908. The van der Waals surface area contributed by atoms with E-state index in [9.17, 15) is 0 Å². The average molecular weight is 283 g/mol. The van der Waals surface area contributed by atoms with E-state index in [-0.39, 0.29) is 0 Å². The van der Waals surface area contributed by atoms with Gasteiger partial charge in [0.15, 0.2) is 0 Å². The van der Waals surface area contributed by atoms with Gasteiger partial charge in [0.05, 0.1) is 5.69 Å². The summed E-state index contributed by atoms with van der Waals surface area (Å²) in [4.78, 5) is 4.92. The number of fused-ring (bicyclic) bond motifs is 1. The molecule has 0 saturated heterocycles. The van der Waals surface area contributed by atoms with Crippen LogP contribution in [0.4, 0.5) is 0 Å². The van der Waals surface area contributed by atoms with Crippen LogP contribution >= 0.6 is 0 Å². The lowest BCUT2D eigenvalue weighted by Crippen LogP contribution is -2.25. The maximum Gasteiger partial charge on any atom is 0.140 e. The molecule has 1 aliphatic heterocycles. The molecule has 0 fully saturated rings. The number of aromatic nitrogens is 2. The van der Waals surface area contributed by atoms with Gasteiger partial charge in [0.2, 0.25) is 0 Å². The third-order valence-corrected chi connectivity index (χ3v) is 4.18. The molecule has 0 amide bonds. The van der Waals surface area contributed by atoms with E-state index in [1.54, 1.807) is 0 Å². The number of imidazole rings is 1. The molecule has 112 valence electrons. The highest BCUT2D eigenvalue weighted by molar-refractivity contribution is 5.57. The summed E-state index contributed by atoms with van der Waals surface area (Å²) < 4.78 is 2.47. The Labute approximate surface area is 127 Å². The van der Waals surface area contributed by atoms with Crippen molar-refractivity contribution in [3.63, 3.8) is 0 Å². The number of nitrogens with one attached hydrogen (secondary N) is 1. The van der Waals surface area contributed by atoms with E-state index >= 15 is 0 Å². The maximum absolute atomic E-state index is 4.92. The highest BCUT2D eigenvalue weighted by Gasteiger charge is 2.20. The van der Waals surface area contributed by atoms with Gasteiger partial charge in [0.1, 0.15) is 5.82 Å². The van der Waals surface area contributed by atoms with Gasteiger partial charge in [0.25, 0.3) is 0 Å². The Morgan fingerprint density at radius 2 is 2.05 bits per heavy atom. The predicted octanol–water partition coefficient (Wildman–Crippen LogP) is 3.63. The van der Waals surface area contributed by atoms with E-state index < -0.39 is 0 Å². The van der Waals surface area contributed by atoms with Crippen molar-refractivity contribution in [3.8, 4) is 11.4 Å². The molecule has 0 bridgehead atoms. The molecule has 0 atom stereocenters. The molecule has 3 heteroatoms. The molecule has 1 aromatic heterocycles. The fourth-order valence-electron chi connectivity index (χ4n) is 3.08. The van der Waals surface area contributed by atoms with Crippen molar-refractivity contribution in [2.75, 3.05) is 6.54 Å². The lowest BCUT2D eigenvalue weighted by Gasteiger charge is -2.16. The van der Waals surface area contributed by atoms with Gasteiger partial charge in [-0.3, -0.25) is 0 Å². The predicted molar refractivity (Wildman–Crippen MR) is 87.1 cm³/mol. The zero-order valence-corrected chi connectivity index (χ0v) is 13.1. The van der Waals surface area contributed by atoms with Gasteiger partial charge in [-0.2, -0.15) is 0 Å². The monoisotopic (exact) mass is 283 g/mol. The van der Waals surface area contributed by atoms with Crippen molar-refractivity contribution in [2.24, 2.45) is 5.92 Å². The molecular weight excluding hydrogens is 258 g/mol. The van der Waals surface area contributed by atoms with Crippen LogP contribution in [0.15, 0.2) is 30.3 Å². The second-order valence-corrected chi connectivity index (χ2v) is 6.31. The molecular formula is C18H25N3. The Kier molecular flexibility index (Phi) is 4.39. The molecule has 3 rings (SSSR count). The molecule has 1 aromatic carbocycles. The van der Waals surface area contributed by atoms with E-state index in [4.69, 9.17) is 4.98 Å². The summed E-state index contributed by atoms with van der Waals surface area (Å²) in [6.07, 6.45) is 3.60. The number of benzene rings is 1. The molecule has 2 aromatic rings. The smallest absolute Gasteiger partial charge is 0.140 e. The van der Waals surface area contributed by atoms with Gasteiger partial charge >= 0.3 is 0 Å². The number of rotatable bonds is 5. The first-order chi connectivity index (χ1) is 10.3. The van der Waals surface area contributed by atoms with Crippen molar-refractivity contribution in [2.45, 2.75) is 46.2 Å². The highest BCUT2D eigenvalue weighted by Crippen LogP contribution is 2.25. The normalized spacial score (nSPS) is 14.4. The molecule has 3 nitrogen and oxygen atoms in total. The van der Waals surface area contributed by atoms with Crippen molar-refractivity contribution in [3.05, 3.63) is 41.7 Å². The average Bonchev–Trinajstić information content (AvgIpc) is 2.87. The number of hydrogen-bond acceptors (Lipinski definition) is 2. The fourth-order valence-corrected chi connectivity index (χ4v) is 3.08. The van der Waals surface area contributed by atoms with Gasteiger partial charge in [0, 0.05) is 37.3 Å². The van der Waals surface area contributed by atoms with Crippen LogP contribution in [0.2, 0.25) is 0 Å². The summed E-state index contributed by atoms with van der Waals surface area (Å²) in [5, 5.41) is 3.43. The van der Waals surface area contributed by atoms with Crippen LogP contribution < -0.4 is 5.32 Å². The minimum atomic E-state index is 0.770. The van der Waals surface area contributed by atoms with Crippen molar-refractivity contribution < 1.29 is 0 Å². The molecule has 2 heterocycles. The van der Waals surface area contributed by atoms with Crippen LogP contribution in [0.3, 0.4) is 0 Å². The Morgan fingerprint density at radius 1 is 1.24 bits per heavy atom. The summed E-state index contributed by atoms with van der Waals surface area (Å²) >= 11 is 0. The van der Waals surface area contributed by atoms with E-state index in [1.807, 2.05) is 0 Å². The Hall–Kier alpha value is -1.61. The van der Waals surface area contributed by atoms with Crippen LogP contribution in [-0.2, 0) is 19.5 Å². The minimum absolute atomic E-state index is 0.770. The van der Waals surface area contributed by atoms with E-state index in [2.05, 4.69) is 54.1 Å². The van der Waals surface area contributed by atoms with Crippen LogP contribution in [0.5, 0.6) is 0 Å². The standard InChI is InChI=1S/C18H25N3/c1-14(2)7-6-12-21-17-10-11-19-13-16(17)20-18(21)15-8-4-3-5-9-15/h3-5,8-9,14,19H,6-7,10-13H2,1-2H3. The van der Waals surface area contributed by atoms with Crippen molar-refractivity contribution in [1.82, 2.24) is 14.9 Å². The molecule has 0 aliphatic carbocycles. The van der Waals surface area contributed by atoms with Crippen LogP contribution in [0.1, 0.15) is 38.1 Å². The second kappa shape index (κ2) is 6.44. The van der Waals surface area contributed by atoms with Gasteiger partial charge in [-0.15, -0.1) is 0 Å². The first kappa shape index (κ1) is 14.3. The first-order valence-corrected chi connectivity index (χ1v) is 8.10. The lowest BCUT2D eigenvalue weighted by molar-refractivity contribution is 0.500. The third kappa shape index (κ3) is 3.18. The summed E-state index contributed by atoms with van der Waals surface area (Å²) in [5.41, 5.74) is 3.91. The second-order valence-electron chi connectivity index (χ2n) is 6.31. The molecule has 0 unspecified atom stereocenters. The molecule has 0 radical (unpaired) electrons. The van der Waals surface area contributed by atoms with Crippen molar-refractivity contribution >= 4 is 0 Å². The van der Waals surface area contributed by atoms with Gasteiger partial charge in [-0.05, 0) is 18.8 Å². The summed E-state index contributed by atoms with van der Waals surface area (Å²) in [6, 6.07) is 10.6. The van der Waals surface area contributed by atoms with Gasteiger partial charge < -0.3 is 9.88 Å². The fraction of sp³-hybridized carbons (Fsp3) is 0.500. The number of hydrogen-bond donors (Lipinski definition) is 1. The lowest BCUT2D eigenvalue weighted by atomic mass is 10.1. The summed E-state index contributed by atoms with van der Waals surface area (Å²) in [6.45, 7) is 7.66.